The van der Waals surface area contributed by atoms with Crippen molar-refractivity contribution in [3.63, 3.8) is 0 Å². The lowest BCUT2D eigenvalue weighted by atomic mass is 9.76. The van der Waals surface area contributed by atoms with Crippen LogP contribution >= 0.6 is 0 Å². The Bertz CT molecular complexity index is 173. The Balaban J connectivity index is 3.84. The minimum absolute atomic E-state index is 0.164. The van der Waals surface area contributed by atoms with E-state index in [1.165, 1.54) is 0 Å². The molecule has 0 aromatic carbocycles. The molecule has 0 atom stereocenters. The quantitative estimate of drug-likeness (QED) is 0.641. The average Bonchev–Trinajstić information content (AvgIpc) is 2.11. The molecule has 0 unspecified atom stereocenters. The first-order chi connectivity index (χ1) is 6.42. The smallest absolute Gasteiger partial charge is 0.138 e. The van der Waals surface area contributed by atoms with Crippen LogP contribution in [0.1, 0.15) is 53.4 Å². The van der Waals surface area contributed by atoms with E-state index in [9.17, 15) is 4.79 Å². The van der Waals surface area contributed by atoms with Crippen molar-refractivity contribution in [1.29, 1.82) is 0 Å². The number of hydrogen-bond acceptors (Lipinski definition) is 2. The van der Waals surface area contributed by atoms with Crippen LogP contribution in [-0.4, -0.2) is 12.3 Å². The molecule has 0 aliphatic rings. The van der Waals surface area contributed by atoms with Gasteiger partial charge in [-0.1, -0.05) is 34.1 Å². The summed E-state index contributed by atoms with van der Waals surface area (Å²) < 4.78 is 0. The summed E-state index contributed by atoms with van der Waals surface area (Å²) in [6.07, 6.45) is 3.82. The van der Waals surface area contributed by atoms with Crippen molar-refractivity contribution in [2.45, 2.75) is 53.4 Å². The molecular formula is C12H25NO. The van der Waals surface area contributed by atoms with Gasteiger partial charge in [-0.3, -0.25) is 4.79 Å². The summed E-state index contributed by atoms with van der Waals surface area (Å²) in [6, 6.07) is 0. The number of carbonyl (C=O) groups is 1. The molecule has 0 saturated heterocycles. The summed E-state index contributed by atoms with van der Waals surface area (Å²) in [7, 11) is 0. The first-order valence-electron chi connectivity index (χ1n) is 5.66. The fourth-order valence-electron chi connectivity index (χ4n) is 1.25. The maximum absolute atomic E-state index is 11.8. The first-order valence-corrected chi connectivity index (χ1v) is 5.66. The van der Waals surface area contributed by atoms with Gasteiger partial charge in [0.2, 0.25) is 0 Å². The summed E-state index contributed by atoms with van der Waals surface area (Å²) in [6.45, 7) is 9.04. The lowest BCUT2D eigenvalue weighted by Crippen LogP contribution is -2.29. The molecule has 0 bridgehead atoms. The van der Waals surface area contributed by atoms with Crippen molar-refractivity contribution in [2.24, 2.45) is 17.1 Å². The third-order valence-corrected chi connectivity index (χ3v) is 3.27. The van der Waals surface area contributed by atoms with E-state index in [-0.39, 0.29) is 5.41 Å². The van der Waals surface area contributed by atoms with Crippen molar-refractivity contribution in [2.75, 3.05) is 6.54 Å². The van der Waals surface area contributed by atoms with Gasteiger partial charge in [0.15, 0.2) is 0 Å². The molecular weight excluding hydrogens is 174 g/mol. The van der Waals surface area contributed by atoms with Gasteiger partial charge < -0.3 is 5.73 Å². The van der Waals surface area contributed by atoms with Crippen molar-refractivity contribution in [3.05, 3.63) is 0 Å². The molecule has 0 aliphatic heterocycles. The molecule has 14 heavy (non-hydrogen) atoms. The second-order valence-electron chi connectivity index (χ2n) is 4.90. The van der Waals surface area contributed by atoms with Crippen LogP contribution in [-0.2, 0) is 4.79 Å². The van der Waals surface area contributed by atoms with Gasteiger partial charge in [-0.15, -0.1) is 0 Å². The monoisotopic (exact) mass is 199 g/mol. The molecule has 2 heteroatoms. The number of Topliss-reactive ketones (excluding diaryl/α,β-unsaturated/α-hetero) is 1. The van der Waals surface area contributed by atoms with Crippen molar-refractivity contribution >= 4 is 5.78 Å². The highest BCUT2D eigenvalue weighted by molar-refractivity contribution is 5.84. The molecule has 0 amide bonds. The van der Waals surface area contributed by atoms with E-state index in [0.29, 0.717) is 18.1 Å². The van der Waals surface area contributed by atoms with Crippen LogP contribution in [0.25, 0.3) is 0 Å². The van der Waals surface area contributed by atoms with Gasteiger partial charge in [-0.25, -0.2) is 0 Å². The fourth-order valence-corrected chi connectivity index (χ4v) is 1.25. The minimum Gasteiger partial charge on any atom is -0.330 e. The molecule has 2 nitrogen and oxygen atoms in total. The molecule has 0 aromatic heterocycles. The normalized spacial score (nSPS) is 12.1. The number of unbranched alkanes of at least 4 members (excludes halogenated alkanes) is 2. The molecule has 0 heterocycles. The van der Waals surface area contributed by atoms with Crippen molar-refractivity contribution in [1.82, 2.24) is 0 Å². The Morgan fingerprint density at radius 3 is 2.21 bits per heavy atom. The van der Waals surface area contributed by atoms with Crippen LogP contribution in [0.4, 0.5) is 0 Å². The Labute approximate surface area is 88.3 Å². The SMILES string of the molecule is CC(C)C(C)(C)C(=O)CCCCCN. The number of ketones is 1. The highest BCUT2D eigenvalue weighted by Crippen LogP contribution is 2.29. The standard InChI is InChI=1S/C12H25NO/c1-10(2)12(3,4)11(14)8-6-5-7-9-13/h10H,5-9,13H2,1-4H3. The molecule has 0 rings (SSSR count). The predicted molar refractivity (Wildman–Crippen MR) is 61.1 cm³/mol. The van der Waals surface area contributed by atoms with Crippen LogP contribution in [0.5, 0.6) is 0 Å². The van der Waals surface area contributed by atoms with Crippen LogP contribution in [0.15, 0.2) is 0 Å². The van der Waals surface area contributed by atoms with E-state index in [1.807, 2.05) is 13.8 Å². The Morgan fingerprint density at radius 1 is 1.21 bits per heavy atom. The number of hydrogen-bond donors (Lipinski definition) is 1. The molecule has 84 valence electrons. The van der Waals surface area contributed by atoms with Crippen LogP contribution < -0.4 is 5.73 Å². The number of nitrogens with two attached hydrogens (primary N) is 1. The van der Waals surface area contributed by atoms with Gasteiger partial charge in [0, 0.05) is 11.8 Å². The van der Waals surface area contributed by atoms with E-state index in [2.05, 4.69) is 13.8 Å². The second kappa shape index (κ2) is 6.18. The number of carbonyl (C=O) groups excluding carboxylic acids is 1. The minimum atomic E-state index is -0.164. The summed E-state index contributed by atoms with van der Waals surface area (Å²) in [5.74, 6) is 0.814. The van der Waals surface area contributed by atoms with E-state index < -0.39 is 0 Å². The van der Waals surface area contributed by atoms with Gasteiger partial charge in [0.1, 0.15) is 5.78 Å². The molecule has 0 saturated carbocycles. The summed E-state index contributed by atoms with van der Waals surface area (Å²) in [5.41, 5.74) is 5.23. The zero-order valence-electron chi connectivity index (χ0n) is 10.1. The molecule has 0 spiro atoms. The number of rotatable bonds is 7. The largest absolute Gasteiger partial charge is 0.330 e. The van der Waals surface area contributed by atoms with Crippen molar-refractivity contribution in [3.8, 4) is 0 Å². The van der Waals surface area contributed by atoms with Gasteiger partial charge in [-0.05, 0) is 25.3 Å². The Kier molecular flexibility index (Phi) is 6.01. The van der Waals surface area contributed by atoms with E-state index in [0.717, 1.165) is 25.8 Å². The van der Waals surface area contributed by atoms with E-state index in [4.69, 9.17) is 5.73 Å². The topological polar surface area (TPSA) is 43.1 Å². The molecule has 2 N–H and O–H groups in total. The highest BCUT2D eigenvalue weighted by atomic mass is 16.1. The summed E-state index contributed by atoms with van der Waals surface area (Å²) in [5, 5.41) is 0. The molecule has 0 radical (unpaired) electrons. The zero-order chi connectivity index (χ0) is 11.2. The Morgan fingerprint density at radius 2 is 1.79 bits per heavy atom. The third-order valence-electron chi connectivity index (χ3n) is 3.27. The lowest BCUT2D eigenvalue weighted by Gasteiger charge is -2.27. The van der Waals surface area contributed by atoms with Crippen LogP contribution in [0, 0.1) is 11.3 Å². The van der Waals surface area contributed by atoms with Crippen LogP contribution in [0.3, 0.4) is 0 Å². The Hall–Kier alpha value is -0.370. The molecule has 0 aliphatic carbocycles. The van der Waals surface area contributed by atoms with Gasteiger partial charge in [-0.2, -0.15) is 0 Å². The van der Waals surface area contributed by atoms with Gasteiger partial charge in [0.25, 0.3) is 0 Å². The predicted octanol–water partition coefficient (Wildman–Crippen LogP) is 2.76. The van der Waals surface area contributed by atoms with E-state index >= 15 is 0 Å². The van der Waals surface area contributed by atoms with Gasteiger partial charge >= 0.3 is 0 Å². The third kappa shape index (κ3) is 4.23. The first kappa shape index (κ1) is 13.6. The van der Waals surface area contributed by atoms with Crippen LogP contribution in [0.2, 0.25) is 0 Å². The maximum Gasteiger partial charge on any atom is 0.138 e. The molecule has 0 fully saturated rings. The lowest BCUT2D eigenvalue weighted by molar-refractivity contribution is -0.129. The molecule has 0 aromatic rings. The van der Waals surface area contributed by atoms with Crippen molar-refractivity contribution < 1.29 is 4.79 Å². The highest BCUT2D eigenvalue weighted by Gasteiger charge is 2.29. The average molecular weight is 199 g/mol. The summed E-state index contributed by atoms with van der Waals surface area (Å²) >= 11 is 0. The maximum atomic E-state index is 11.8. The van der Waals surface area contributed by atoms with Gasteiger partial charge in [0.05, 0.1) is 0 Å². The second-order valence-corrected chi connectivity index (χ2v) is 4.90. The van der Waals surface area contributed by atoms with E-state index in [1.54, 1.807) is 0 Å². The fraction of sp³-hybridized carbons (Fsp3) is 0.917. The summed E-state index contributed by atoms with van der Waals surface area (Å²) in [4.78, 5) is 11.8. The zero-order valence-corrected chi connectivity index (χ0v) is 10.1.